The van der Waals surface area contributed by atoms with Crippen LogP contribution < -0.4 is 16.4 Å². The molecule has 3 N–H and O–H groups in total. The molecule has 0 radical (unpaired) electrons. The molecule has 2 amide bonds. The maximum absolute atomic E-state index is 13.5. The number of anilines is 1. The monoisotopic (exact) mass is 527 g/mol. The Kier molecular flexibility index (Phi) is 9.30. The van der Waals surface area contributed by atoms with Crippen molar-refractivity contribution in [2.24, 2.45) is 5.41 Å². The van der Waals surface area contributed by atoms with E-state index in [2.05, 4.69) is 15.8 Å². The number of benzene rings is 1. The Hall–Kier alpha value is -3.41. The van der Waals surface area contributed by atoms with Gasteiger partial charge in [-0.25, -0.2) is 14.7 Å². The smallest absolute Gasteiger partial charge is 0.265 e. The first-order valence-electron chi connectivity index (χ1n) is 11.7. The van der Waals surface area contributed by atoms with Gasteiger partial charge in [-0.2, -0.15) is 0 Å². The summed E-state index contributed by atoms with van der Waals surface area (Å²) in [6.07, 6.45) is 1.73. The third kappa shape index (κ3) is 7.31. The number of hydrogen-bond acceptors (Lipinski definition) is 8. The fourth-order valence-electron chi connectivity index (χ4n) is 3.72. The second-order valence-electron chi connectivity index (χ2n) is 9.65. The summed E-state index contributed by atoms with van der Waals surface area (Å²) in [6, 6.07) is 12.5. The summed E-state index contributed by atoms with van der Waals surface area (Å²) in [5.74, 6) is -0.562. The highest BCUT2D eigenvalue weighted by Gasteiger charge is 2.24. The fourth-order valence-corrected chi connectivity index (χ4v) is 3.89. The van der Waals surface area contributed by atoms with E-state index in [1.165, 1.54) is 15.5 Å². The van der Waals surface area contributed by atoms with Gasteiger partial charge < -0.3 is 15.3 Å². The quantitative estimate of drug-likeness (QED) is 0.257. The Bertz CT molecular complexity index is 1320. The average Bonchev–Trinajstić information content (AvgIpc) is 2.88. The van der Waals surface area contributed by atoms with E-state index in [1.54, 1.807) is 25.4 Å². The maximum Gasteiger partial charge on any atom is 0.265 e. The van der Waals surface area contributed by atoms with Crippen LogP contribution in [-0.2, 0) is 22.2 Å². The number of aromatic nitrogens is 2. The highest BCUT2D eigenvalue weighted by atomic mass is 32.2. The van der Waals surface area contributed by atoms with Crippen LogP contribution in [0.5, 0.6) is 0 Å². The lowest BCUT2D eigenvalue weighted by molar-refractivity contribution is -0.132. The molecule has 0 aliphatic heterocycles. The maximum atomic E-state index is 13.5. The number of nitrogens with zero attached hydrogens (tertiary/aromatic N) is 3. The number of hydrogen-bond donors (Lipinski definition) is 3. The van der Waals surface area contributed by atoms with Gasteiger partial charge in [0.05, 0.1) is 0 Å². The molecule has 11 heteroatoms. The predicted molar refractivity (Wildman–Crippen MR) is 145 cm³/mol. The average molecular weight is 528 g/mol. The number of nitrogens with one attached hydrogen (secondary N) is 2. The highest BCUT2D eigenvalue weighted by Crippen LogP contribution is 2.18. The molecular formula is C26H33N5O5S. The van der Waals surface area contributed by atoms with Crippen molar-refractivity contribution in [3.8, 4) is 0 Å². The molecule has 1 aromatic carbocycles. The normalized spacial score (nSPS) is 11.4. The van der Waals surface area contributed by atoms with Crippen LogP contribution in [0.1, 0.15) is 35.3 Å². The van der Waals surface area contributed by atoms with Crippen LogP contribution in [0.4, 0.5) is 5.82 Å². The Morgan fingerprint density at radius 2 is 1.89 bits per heavy atom. The van der Waals surface area contributed by atoms with E-state index >= 15 is 0 Å². The summed E-state index contributed by atoms with van der Waals surface area (Å²) in [5, 5.41) is 12.9. The van der Waals surface area contributed by atoms with Crippen molar-refractivity contribution in [2.75, 3.05) is 31.9 Å². The predicted octanol–water partition coefficient (Wildman–Crippen LogP) is 2.73. The molecule has 0 unspecified atom stereocenters. The molecule has 0 saturated carbocycles. The first-order valence-corrected chi connectivity index (χ1v) is 12.9. The zero-order chi connectivity index (χ0) is 27.2. The number of aliphatic hydroxyl groups excluding tert-OH is 1. The van der Waals surface area contributed by atoms with Crippen molar-refractivity contribution in [1.29, 1.82) is 0 Å². The zero-order valence-corrected chi connectivity index (χ0v) is 22.5. The first kappa shape index (κ1) is 28.2. The lowest BCUT2D eigenvalue weighted by atomic mass is 9.94. The summed E-state index contributed by atoms with van der Waals surface area (Å²) in [5.41, 5.74) is 3.66. The molecule has 198 valence electrons. The second kappa shape index (κ2) is 12.2. The summed E-state index contributed by atoms with van der Waals surface area (Å²) >= 11 is 1.09. The van der Waals surface area contributed by atoms with Crippen LogP contribution in [0.15, 0.2) is 47.3 Å². The number of pyridine rings is 2. The van der Waals surface area contributed by atoms with E-state index < -0.39 is 16.9 Å². The van der Waals surface area contributed by atoms with E-state index in [-0.39, 0.29) is 43.4 Å². The number of fused-ring (bicyclic) bond motifs is 1. The van der Waals surface area contributed by atoms with Gasteiger partial charge in [0.25, 0.3) is 11.5 Å². The molecule has 0 aliphatic carbocycles. The number of carbonyl (C=O) groups excluding carboxylic acids is 2. The molecule has 10 nitrogen and oxygen atoms in total. The van der Waals surface area contributed by atoms with Crippen molar-refractivity contribution in [3.63, 3.8) is 0 Å². The van der Waals surface area contributed by atoms with Gasteiger partial charge in [0.2, 0.25) is 5.91 Å². The third-order valence-corrected chi connectivity index (χ3v) is 6.05. The Labute approximate surface area is 220 Å². The number of amides is 2. The molecule has 0 spiro atoms. The summed E-state index contributed by atoms with van der Waals surface area (Å²) in [7, 11) is 1.61. The van der Waals surface area contributed by atoms with E-state index in [0.717, 1.165) is 23.2 Å². The van der Waals surface area contributed by atoms with E-state index in [1.807, 2.05) is 45.0 Å². The third-order valence-electron chi connectivity index (χ3n) is 5.80. The summed E-state index contributed by atoms with van der Waals surface area (Å²) in [6.45, 7) is 5.76. The van der Waals surface area contributed by atoms with Crippen molar-refractivity contribution < 1.29 is 19.0 Å². The van der Waals surface area contributed by atoms with Crippen LogP contribution in [0.25, 0.3) is 11.0 Å². The van der Waals surface area contributed by atoms with Crippen molar-refractivity contribution >= 4 is 40.7 Å². The van der Waals surface area contributed by atoms with E-state index in [9.17, 15) is 19.5 Å². The number of likely N-dealkylation sites (N-methyl/N-ethyl adjacent to an activating group) is 1. The summed E-state index contributed by atoms with van der Waals surface area (Å²) < 4.78 is 6.32. The molecule has 0 saturated heterocycles. The standard InChI is InChI=1S/C26H33N5O5S/c1-17-6-8-18(9-7-17)13-27-24(34)20-12-19-10-11-21(29-36-37-5)28-23(19)31(25(20)35)14-22(33)30(4)15-26(2,3)16-32/h6-12,32H,13-16H2,1-5H3,(H,27,34)(H,28,29). The Morgan fingerprint density at radius 3 is 2.54 bits per heavy atom. The van der Waals surface area contributed by atoms with Gasteiger partial charge in [0.15, 0.2) is 5.82 Å². The number of carbonyl (C=O) groups is 2. The molecule has 0 atom stereocenters. The second-order valence-corrected chi connectivity index (χ2v) is 10.2. The van der Waals surface area contributed by atoms with Gasteiger partial charge in [0.1, 0.15) is 17.8 Å². The van der Waals surface area contributed by atoms with Gasteiger partial charge >= 0.3 is 0 Å². The number of aliphatic hydroxyl groups is 1. The number of rotatable bonds is 11. The highest BCUT2D eigenvalue weighted by molar-refractivity contribution is 7.93. The minimum Gasteiger partial charge on any atom is -0.396 e. The van der Waals surface area contributed by atoms with Crippen LogP contribution in [0.2, 0.25) is 0 Å². The van der Waals surface area contributed by atoms with Gasteiger partial charge in [0, 0.05) is 55.8 Å². The van der Waals surface area contributed by atoms with E-state index in [4.69, 9.17) is 4.28 Å². The van der Waals surface area contributed by atoms with Crippen molar-refractivity contribution in [2.45, 2.75) is 33.9 Å². The van der Waals surface area contributed by atoms with Gasteiger partial charge in [-0.15, -0.1) is 0 Å². The Balaban J connectivity index is 1.97. The van der Waals surface area contributed by atoms with Crippen LogP contribution in [-0.4, -0.2) is 57.8 Å². The zero-order valence-electron chi connectivity index (χ0n) is 21.7. The fraction of sp³-hybridized carbons (Fsp3) is 0.385. The van der Waals surface area contributed by atoms with E-state index in [0.29, 0.717) is 11.2 Å². The largest absolute Gasteiger partial charge is 0.396 e. The lowest BCUT2D eigenvalue weighted by Crippen LogP contribution is -2.41. The molecule has 3 aromatic rings. The minimum atomic E-state index is -0.632. The van der Waals surface area contributed by atoms with Gasteiger partial charge in [-0.1, -0.05) is 43.7 Å². The summed E-state index contributed by atoms with van der Waals surface area (Å²) in [4.78, 5) is 45.6. The number of aryl methyl sites for hydroxylation is 1. The van der Waals surface area contributed by atoms with Crippen LogP contribution >= 0.6 is 12.0 Å². The molecule has 0 fully saturated rings. The SMILES string of the molecule is CSONc1ccc2cc(C(=O)NCc3ccc(C)cc3)c(=O)n(CC(=O)N(C)CC(C)(C)CO)c2n1. The molecule has 2 aromatic heterocycles. The van der Waals surface area contributed by atoms with Crippen molar-refractivity contribution in [3.05, 3.63) is 69.5 Å². The molecular weight excluding hydrogens is 494 g/mol. The topological polar surface area (TPSA) is 126 Å². The molecule has 0 bridgehead atoms. The lowest BCUT2D eigenvalue weighted by Gasteiger charge is -2.28. The van der Waals surface area contributed by atoms with Gasteiger partial charge in [-0.3, -0.25) is 19.0 Å². The molecule has 37 heavy (non-hydrogen) atoms. The van der Waals surface area contributed by atoms with Crippen LogP contribution in [0.3, 0.4) is 0 Å². The molecule has 2 heterocycles. The van der Waals surface area contributed by atoms with Crippen molar-refractivity contribution in [1.82, 2.24) is 19.8 Å². The Morgan fingerprint density at radius 1 is 1.19 bits per heavy atom. The molecule has 3 rings (SSSR count). The molecule has 0 aliphatic rings. The first-order chi connectivity index (χ1) is 17.5. The minimum absolute atomic E-state index is 0.0892. The van der Waals surface area contributed by atoms with Crippen LogP contribution in [0, 0.1) is 12.3 Å². The van der Waals surface area contributed by atoms with Gasteiger partial charge in [-0.05, 0) is 30.7 Å².